The van der Waals surface area contributed by atoms with E-state index in [1.807, 2.05) is 60.7 Å². The van der Waals surface area contributed by atoms with Gasteiger partial charge in [-0.15, -0.1) is 0 Å². The summed E-state index contributed by atoms with van der Waals surface area (Å²) in [5, 5.41) is 0. The first-order valence-corrected chi connectivity index (χ1v) is 9.17. The lowest BCUT2D eigenvalue weighted by Gasteiger charge is -2.13. The monoisotopic (exact) mass is 361 g/mol. The number of unbranched alkanes of at least 4 members (excludes halogenated alkanes) is 1. The highest BCUT2D eigenvalue weighted by atomic mass is 16.5. The fourth-order valence-corrected chi connectivity index (χ4v) is 2.63. The van der Waals surface area contributed by atoms with Crippen molar-refractivity contribution in [2.75, 3.05) is 6.61 Å². The molecule has 0 saturated heterocycles. The van der Waals surface area contributed by atoms with Gasteiger partial charge in [-0.3, -0.25) is 4.98 Å². The second-order valence-corrected chi connectivity index (χ2v) is 6.19. The first-order chi connectivity index (χ1) is 13.3. The lowest BCUT2D eigenvalue weighted by molar-refractivity contribution is 0.0468. The van der Waals surface area contributed by atoms with Gasteiger partial charge in [0.1, 0.15) is 17.9 Å². The number of hydrogen-bond acceptors (Lipinski definition) is 4. The molecule has 4 heteroatoms. The van der Waals surface area contributed by atoms with E-state index in [-0.39, 0.29) is 6.61 Å². The third-order valence-corrected chi connectivity index (χ3v) is 4.13. The van der Waals surface area contributed by atoms with Crippen molar-refractivity contribution in [3.05, 3.63) is 84.1 Å². The van der Waals surface area contributed by atoms with E-state index in [1.165, 1.54) is 0 Å². The predicted molar refractivity (Wildman–Crippen MR) is 106 cm³/mol. The predicted octanol–water partition coefficient (Wildman–Crippen LogP) is 5.28. The van der Waals surface area contributed by atoms with Crippen molar-refractivity contribution in [1.29, 1.82) is 0 Å². The fraction of sp³-hybridized carbons (Fsp3) is 0.217. The molecule has 0 spiro atoms. The Morgan fingerprint density at radius 2 is 1.81 bits per heavy atom. The van der Waals surface area contributed by atoms with Gasteiger partial charge in [0.2, 0.25) is 0 Å². The van der Waals surface area contributed by atoms with Gasteiger partial charge < -0.3 is 9.47 Å². The SMILES string of the molecule is CCCCOc1cc(-c2ccccn2)ccc1C(=O)OCc1ccccc1. The number of rotatable bonds is 8. The van der Waals surface area contributed by atoms with Crippen LogP contribution in [0.5, 0.6) is 5.75 Å². The number of aromatic nitrogens is 1. The summed E-state index contributed by atoms with van der Waals surface area (Å²) in [6, 6.07) is 20.8. The third kappa shape index (κ3) is 5.17. The minimum Gasteiger partial charge on any atom is -0.493 e. The molecule has 0 aliphatic heterocycles. The van der Waals surface area contributed by atoms with Crippen LogP contribution in [0.15, 0.2) is 72.9 Å². The molecular weight excluding hydrogens is 338 g/mol. The van der Waals surface area contributed by atoms with Gasteiger partial charge in [-0.25, -0.2) is 4.79 Å². The number of hydrogen-bond donors (Lipinski definition) is 0. The molecule has 0 unspecified atom stereocenters. The molecule has 138 valence electrons. The number of carbonyl (C=O) groups is 1. The Morgan fingerprint density at radius 1 is 1.00 bits per heavy atom. The Balaban J connectivity index is 1.80. The Morgan fingerprint density at radius 3 is 2.56 bits per heavy atom. The highest BCUT2D eigenvalue weighted by molar-refractivity contribution is 5.93. The number of pyridine rings is 1. The fourth-order valence-electron chi connectivity index (χ4n) is 2.63. The zero-order chi connectivity index (χ0) is 18.9. The third-order valence-electron chi connectivity index (χ3n) is 4.13. The van der Waals surface area contributed by atoms with E-state index in [2.05, 4.69) is 11.9 Å². The van der Waals surface area contributed by atoms with Crippen molar-refractivity contribution in [3.63, 3.8) is 0 Å². The van der Waals surface area contributed by atoms with Crippen LogP contribution < -0.4 is 4.74 Å². The Bertz CT molecular complexity index is 863. The lowest BCUT2D eigenvalue weighted by atomic mass is 10.1. The van der Waals surface area contributed by atoms with Gasteiger partial charge in [-0.1, -0.05) is 55.8 Å². The molecule has 2 aromatic carbocycles. The molecular formula is C23H23NO3. The highest BCUT2D eigenvalue weighted by Crippen LogP contribution is 2.27. The van der Waals surface area contributed by atoms with Gasteiger partial charge >= 0.3 is 5.97 Å². The summed E-state index contributed by atoms with van der Waals surface area (Å²) in [6.45, 7) is 2.89. The van der Waals surface area contributed by atoms with Crippen LogP contribution in [0.1, 0.15) is 35.7 Å². The second kappa shape index (κ2) is 9.53. The smallest absolute Gasteiger partial charge is 0.342 e. The van der Waals surface area contributed by atoms with E-state index in [4.69, 9.17) is 9.47 Å². The van der Waals surface area contributed by atoms with Gasteiger partial charge in [0.25, 0.3) is 0 Å². The summed E-state index contributed by atoms with van der Waals surface area (Å²) >= 11 is 0. The van der Waals surface area contributed by atoms with Crippen LogP contribution >= 0.6 is 0 Å². The molecule has 0 aliphatic rings. The van der Waals surface area contributed by atoms with Crippen molar-refractivity contribution in [2.45, 2.75) is 26.4 Å². The maximum Gasteiger partial charge on any atom is 0.342 e. The van der Waals surface area contributed by atoms with Gasteiger partial charge in [0, 0.05) is 11.8 Å². The van der Waals surface area contributed by atoms with E-state index >= 15 is 0 Å². The number of benzene rings is 2. The molecule has 0 amide bonds. The van der Waals surface area contributed by atoms with Crippen LogP contribution in [0.2, 0.25) is 0 Å². The van der Waals surface area contributed by atoms with E-state index in [0.29, 0.717) is 17.9 Å². The molecule has 0 N–H and O–H groups in total. The van der Waals surface area contributed by atoms with E-state index < -0.39 is 5.97 Å². The standard InChI is InChI=1S/C23H23NO3/c1-2-3-15-26-22-16-19(21-11-7-8-14-24-21)12-13-20(22)23(25)27-17-18-9-5-4-6-10-18/h4-14,16H,2-3,15,17H2,1H3. The van der Waals surface area contributed by atoms with Crippen molar-refractivity contribution in [3.8, 4) is 17.0 Å². The van der Waals surface area contributed by atoms with E-state index in [0.717, 1.165) is 29.7 Å². The Hall–Kier alpha value is -3.14. The second-order valence-electron chi connectivity index (χ2n) is 6.19. The molecule has 0 aliphatic carbocycles. The number of esters is 1. The van der Waals surface area contributed by atoms with Crippen LogP contribution in [-0.4, -0.2) is 17.6 Å². The molecule has 1 heterocycles. The van der Waals surface area contributed by atoms with E-state index in [1.54, 1.807) is 12.3 Å². The van der Waals surface area contributed by atoms with Crippen LogP contribution in [0.3, 0.4) is 0 Å². The topological polar surface area (TPSA) is 48.4 Å². The molecule has 4 nitrogen and oxygen atoms in total. The van der Waals surface area contributed by atoms with Crippen LogP contribution in [0.4, 0.5) is 0 Å². The number of ether oxygens (including phenoxy) is 2. The normalized spacial score (nSPS) is 10.4. The largest absolute Gasteiger partial charge is 0.493 e. The Labute approximate surface area is 159 Å². The Kier molecular flexibility index (Phi) is 6.58. The average Bonchev–Trinajstić information content (AvgIpc) is 2.73. The molecule has 0 saturated carbocycles. The minimum atomic E-state index is -0.391. The molecule has 3 aromatic rings. The molecule has 0 radical (unpaired) electrons. The molecule has 3 rings (SSSR count). The summed E-state index contributed by atoms with van der Waals surface area (Å²) in [4.78, 5) is 17.0. The average molecular weight is 361 g/mol. The number of carbonyl (C=O) groups excluding carboxylic acids is 1. The zero-order valence-electron chi connectivity index (χ0n) is 15.4. The summed E-state index contributed by atoms with van der Waals surface area (Å²) < 4.78 is 11.4. The summed E-state index contributed by atoms with van der Waals surface area (Å²) in [5.74, 6) is 0.141. The van der Waals surface area contributed by atoms with Crippen molar-refractivity contribution in [2.24, 2.45) is 0 Å². The highest BCUT2D eigenvalue weighted by Gasteiger charge is 2.16. The van der Waals surface area contributed by atoms with Crippen LogP contribution in [0.25, 0.3) is 11.3 Å². The molecule has 0 bridgehead atoms. The lowest BCUT2D eigenvalue weighted by Crippen LogP contribution is -2.09. The van der Waals surface area contributed by atoms with Crippen molar-refractivity contribution < 1.29 is 14.3 Å². The molecule has 1 aromatic heterocycles. The van der Waals surface area contributed by atoms with E-state index in [9.17, 15) is 4.79 Å². The van der Waals surface area contributed by atoms with Gasteiger partial charge in [0.15, 0.2) is 0 Å². The summed E-state index contributed by atoms with van der Waals surface area (Å²) in [7, 11) is 0. The van der Waals surface area contributed by atoms with Crippen molar-refractivity contribution >= 4 is 5.97 Å². The number of nitrogens with zero attached hydrogens (tertiary/aromatic N) is 1. The minimum absolute atomic E-state index is 0.232. The maximum absolute atomic E-state index is 12.6. The summed E-state index contributed by atoms with van der Waals surface area (Å²) in [5.41, 5.74) is 3.12. The van der Waals surface area contributed by atoms with Crippen molar-refractivity contribution in [1.82, 2.24) is 4.98 Å². The van der Waals surface area contributed by atoms with Crippen LogP contribution in [-0.2, 0) is 11.3 Å². The van der Waals surface area contributed by atoms with Gasteiger partial charge in [0.05, 0.1) is 12.3 Å². The molecule has 27 heavy (non-hydrogen) atoms. The summed E-state index contributed by atoms with van der Waals surface area (Å²) in [6.07, 6.45) is 3.69. The molecule has 0 fully saturated rings. The first-order valence-electron chi connectivity index (χ1n) is 9.17. The first kappa shape index (κ1) is 18.6. The van der Waals surface area contributed by atoms with Gasteiger partial charge in [-0.2, -0.15) is 0 Å². The maximum atomic E-state index is 12.6. The van der Waals surface area contributed by atoms with Gasteiger partial charge in [-0.05, 0) is 36.2 Å². The quantitative estimate of drug-likeness (QED) is 0.404. The van der Waals surface area contributed by atoms with Crippen LogP contribution in [0, 0.1) is 0 Å². The molecule has 0 atom stereocenters. The zero-order valence-corrected chi connectivity index (χ0v) is 15.4.